The fourth-order valence-electron chi connectivity index (χ4n) is 5.02. The highest BCUT2D eigenvalue weighted by atomic mass is 35.5. The summed E-state index contributed by atoms with van der Waals surface area (Å²) in [6.07, 6.45) is 3.94. The first-order chi connectivity index (χ1) is 17.6. The van der Waals surface area contributed by atoms with Gasteiger partial charge in [-0.25, -0.2) is 12.7 Å². The highest BCUT2D eigenvalue weighted by Gasteiger charge is 2.54. The lowest BCUT2D eigenvalue weighted by molar-refractivity contribution is 0.0394. The third-order valence-electron chi connectivity index (χ3n) is 6.91. The van der Waals surface area contributed by atoms with Gasteiger partial charge in [-0.3, -0.25) is 10.1 Å². The van der Waals surface area contributed by atoms with Crippen LogP contribution in [0.25, 0.3) is 22.3 Å². The minimum atomic E-state index is -3.12. The first-order valence-corrected chi connectivity index (χ1v) is 14.2. The predicted octanol–water partition coefficient (Wildman–Crippen LogP) is 3.94. The van der Waals surface area contributed by atoms with Crippen molar-refractivity contribution in [1.82, 2.24) is 29.7 Å². The molecule has 13 heteroatoms. The van der Waals surface area contributed by atoms with Crippen LogP contribution in [0.1, 0.15) is 18.6 Å². The Hall–Kier alpha value is -2.99. The van der Waals surface area contributed by atoms with Crippen LogP contribution in [0.15, 0.2) is 42.7 Å². The van der Waals surface area contributed by atoms with E-state index in [2.05, 4.69) is 30.3 Å². The second-order valence-corrected chi connectivity index (χ2v) is 12.5. The Morgan fingerprint density at radius 1 is 1.05 bits per heavy atom. The number of ether oxygens (including phenoxy) is 1. The van der Waals surface area contributed by atoms with Gasteiger partial charge in [0.25, 0.3) is 0 Å². The van der Waals surface area contributed by atoms with Crippen LogP contribution in [-0.2, 0) is 10.0 Å². The first kappa shape index (κ1) is 24.4. The molecule has 0 saturated carbocycles. The number of hydrogen-bond donors (Lipinski definition) is 1. The fraction of sp³-hybridized carbons (Fsp3) is 0.333. The van der Waals surface area contributed by atoms with Crippen LogP contribution in [0, 0.1) is 5.41 Å². The molecule has 1 N–H and O–H groups in total. The molecular weight excluding hydrogens is 537 g/mol. The number of rotatable bonds is 6. The lowest BCUT2D eigenvalue weighted by Gasteiger charge is -2.59. The van der Waals surface area contributed by atoms with E-state index in [0.717, 1.165) is 29.8 Å². The number of fused-ring (bicyclic) bond motifs is 1. The Labute approximate surface area is 223 Å². The molecule has 10 nitrogen and oxygen atoms in total. The summed E-state index contributed by atoms with van der Waals surface area (Å²) in [6.45, 7) is 4.54. The van der Waals surface area contributed by atoms with Crippen molar-refractivity contribution in [3.63, 3.8) is 0 Å². The third kappa shape index (κ3) is 4.39. The van der Waals surface area contributed by atoms with Crippen LogP contribution in [-0.4, -0.2) is 70.5 Å². The molecule has 1 atom stereocenters. The molecule has 0 radical (unpaired) electrons. The van der Waals surface area contributed by atoms with Crippen molar-refractivity contribution in [2.75, 3.05) is 37.3 Å². The van der Waals surface area contributed by atoms with Gasteiger partial charge in [-0.05, 0) is 37.3 Å². The Kier molecular flexibility index (Phi) is 5.79. The Morgan fingerprint density at radius 3 is 2.43 bits per heavy atom. The number of aromatic nitrogens is 5. The quantitative estimate of drug-likeness (QED) is 0.377. The molecule has 5 heterocycles. The minimum absolute atomic E-state index is 0.0279. The average Bonchev–Trinajstić information content (AvgIpc) is 3.20. The van der Waals surface area contributed by atoms with Gasteiger partial charge < -0.3 is 9.64 Å². The lowest BCUT2D eigenvalue weighted by atomic mass is 9.74. The Morgan fingerprint density at radius 2 is 1.78 bits per heavy atom. The van der Waals surface area contributed by atoms with E-state index in [9.17, 15) is 8.42 Å². The van der Waals surface area contributed by atoms with E-state index in [-0.39, 0.29) is 5.41 Å². The highest BCUT2D eigenvalue weighted by molar-refractivity contribution is 7.88. The molecule has 2 saturated heterocycles. The summed E-state index contributed by atoms with van der Waals surface area (Å²) in [4.78, 5) is 6.11. The van der Waals surface area contributed by atoms with E-state index in [1.807, 2.05) is 37.3 Å². The largest absolute Gasteiger partial charge is 0.486 e. The van der Waals surface area contributed by atoms with Gasteiger partial charge in [0.05, 0.1) is 21.8 Å². The normalized spacial score (nSPS) is 18.0. The van der Waals surface area contributed by atoms with Crippen molar-refractivity contribution < 1.29 is 13.2 Å². The number of halogens is 2. The van der Waals surface area contributed by atoms with Crippen LogP contribution in [0.4, 0.5) is 5.82 Å². The second kappa shape index (κ2) is 8.80. The van der Waals surface area contributed by atoms with E-state index in [4.69, 9.17) is 27.9 Å². The van der Waals surface area contributed by atoms with Crippen molar-refractivity contribution in [1.29, 1.82) is 0 Å². The Bertz CT molecular complexity index is 1580. The number of hydrogen-bond acceptors (Lipinski definition) is 8. The fourth-order valence-corrected chi connectivity index (χ4v) is 6.71. The van der Waals surface area contributed by atoms with Crippen molar-refractivity contribution in [3.8, 4) is 17.1 Å². The van der Waals surface area contributed by atoms with Crippen LogP contribution in [0.5, 0.6) is 5.75 Å². The summed E-state index contributed by atoms with van der Waals surface area (Å²) in [5.74, 6) is 1.39. The molecule has 0 aliphatic carbocycles. The van der Waals surface area contributed by atoms with Gasteiger partial charge in [-0.1, -0.05) is 23.2 Å². The number of benzene rings is 1. The summed E-state index contributed by atoms with van der Waals surface area (Å²) in [5.41, 5.74) is 2.83. The number of H-pyrrole nitrogens is 1. The van der Waals surface area contributed by atoms with Gasteiger partial charge in [0, 0.05) is 54.9 Å². The molecule has 0 amide bonds. The molecule has 37 heavy (non-hydrogen) atoms. The smallest absolute Gasteiger partial charge is 0.211 e. The van der Waals surface area contributed by atoms with E-state index in [0.29, 0.717) is 45.8 Å². The number of anilines is 1. The molecule has 0 unspecified atom stereocenters. The number of sulfonamides is 1. The summed E-state index contributed by atoms with van der Waals surface area (Å²) in [5, 5.41) is 18.0. The first-order valence-electron chi connectivity index (χ1n) is 11.6. The number of nitrogens with zero attached hydrogens (tertiary/aromatic N) is 6. The van der Waals surface area contributed by atoms with E-state index in [1.54, 1.807) is 12.4 Å². The van der Waals surface area contributed by atoms with Crippen molar-refractivity contribution in [2.24, 2.45) is 5.41 Å². The maximum atomic E-state index is 11.7. The summed E-state index contributed by atoms with van der Waals surface area (Å²) in [6, 6.07) is 9.44. The molecule has 1 aromatic carbocycles. The molecule has 192 valence electrons. The zero-order valence-corrected chi connectivity index (χ0v) is 22.3. The molecular formula is C24H23Cl2N7O3S. The van der Waals surface area contributed by atoms with Crippen LogP contribution in [0.3, 0.4) is 0 Å². The Balaban J connectivity index is 1.18. The molecule has 2 aliphatic rings. The molecule has 6 rings (SSSR count). The van der Waals surface area contributed by atoms with Crippen LogP contribution >= 0.6 is 23.2 Å². The monoisotopic (exact) mass is 559 g/mol. The third-order valence-corrected chi connectivity index (χ3v) is 8.70. The van der Waals surface area contributed by atoms with Crippen molar-refractivity contribution >= 4 is 49.9 Å². The van der Waals surface area contributed by atoms with Gasteiger partial charge >= 0.3 is 0 Å². The summed E-state index contributed by atoms with van der Waals surface area (Å²) >= 11 is 12.6. The molecule has 0 bridgehead atoms. The zero-order valence-electron chi connectivity index (χ0n) is 20.0. The van der Waals surface area contributed by atoms with E-state index < -0.39 is 16.1 Å². The number of nitrogens with one attached hydrogen (secondary N) is 1. The lowest BCUT2D eigenvalue weighted by Crippen LogP contribution is -2.73. The van der Waals surface area contributed by atoms with Gasteiger partial charge in [0.1, 0.15) is 23.2 Å². The summed E-state index contributed by atoms with van der Waals surface area (Å²) in [7, 11) is -3.12. The van der Waals surface area contributed by atoms with Gasteiger partial charge in [0.2, 0.25) is 10.0 Å². The van der Waals surface area contributed by atoms with Crippen molar-refractivity contribution in [3.05, 3.63) is 58.3 Å². The maximum absolute atomic E-state index is 11.7. The average molecular weight is 560 g/mol. The van der Waals surface area contributed by atoms with Gasteiger partial charge in [-0.15, -0.1) is 10.2 Å². The van der Waals surface area contributed by atoms with Crippen molar-refractivity contribution in [2.45, 2.75) is 13.0 Å². The zero-order chi connectivity index (χ0) is 25.9. The predicted molar refractivity (Wildman–Crippen MR) is 141 cm³/mol. The molecule has 3 aromatic heterocycles. The SMILES string of the molecule is C[C@@H](Oc1ccc2[nH]nc(-c3ccc(N4CC5(C4)CN(S(C)(=O)=O)C5)nn3)c2c1)c1c(Cl)cncc1Cl. The van der Waals surface area contributed by atoms with Crippen LogP contribution in [0.2, 0.25) is 10.0 Å². The minimum Gasteiger partial charge on any atom is -0.486 e. The van der Waals surface area contributed by atoms with Crippen LogP contribution < -0.4 is 9.64 Å². The number of aromatic amines is 1. The topological polar surface area (TPSA) is 117 Å². The van der Waals surface area contributed by atoms with E-state index >= 15 is 0 Å². The standard InChI is InChI=1S/C24H23Cl2N7O3S/c1-14(22-17(25)8-27-9-18(22)26)36-15-3-4-19-16(7-15)23(31-28-19)20-5-6-21(30-29-20)32-10-24(11-32)12-33(13-24)37(2,34)35/h3-9,14H,10-13H2,1-2H3,(H,28,31)/t14-/m1/s1. The molecule has 4 aromatic rings. The molecule has 2 aliphatic heterocycles. The second-order valence-electron chi connectivity index (χ2n) is 9.72. The van der Waals surface area contributed by atoms with E-state index in [1.165, 1.54) is 10.6 Å². The summed E-state index contributed by atoms with van der Waals surface area (Å²) < 4.78 is 31.0. The molecule has 2 fully saturated rings. The number of pyridine rings is 1. The maximum Gasteiger partial charge on any atom is 0.211 e. The van der Waals surface area contributed by atoms with Gasteiger partial charge in [0.15, 0.2) is 5.82 Å². The highest BCUT2D eigenvalue weighted by Crippen LogP contribution is 2.42. The molecule has 1 spiro atoms. The van der Waals surface area contributed by atoms with Gasteiger partial charge in [-0.2, -0.15) is 5.10 Å².